The van der Waals surface area contributed by atoms with Crippen molar-refractivity contribution >= 4 is 17.5 Å². The normalized spacial score (nSPS) is 10.3. The molecule has 132 valence electrons. The van der Waals surface area contributed by atoms with E-state index in [0.29, 0.717) is 24.3 Å². The van der Waals surface area contributed by atoms with Crippen LogP contribution in [0.25, 0.3) is 0 Å². The Morgan fingerprint density at radius 3 is 2.52 bits per heavy atom. The zero-order valence-corrected chi connectivity index (χ0v) is 14.1. The number of H-pyrrole nitrogens is 1. The highest BCUT2D eigenvalue weighted by Crippen LogP contribution is 2.13. The summed E-state index contributed by atoms with van der Waals surface area (Å²) in [5.74, 6) is -0.556. The van der Waals surface area contributed by atoms with Crippen LogP contribution in [0.5, 0.6) is 0 Å². The van der Waals surface area contributed by atoms with Crippen LogP contribution >= 0.6 is 0 Å². The summed E-state index contributed by atoms with van der Waals surface area (Å²) < 4.78 is 1.08. The number of nitrogens with zero attached hydrogens (tertiary/aromatic N) is 2. The predicted molar refractivity (Wildman–Crippen MR) is 93.6 cm³/mol. The predicted octanol–water partition coefficient (Wildman–Crippen LogP) is 0.657. The van der Waals surface area contributed by atoms with Crippen LogP contribution in [0, 0.1) is 0 Å². The zero-order chi connectivity index (χ0) is 18.4. The molecule has 0 saturated carbocycles. The van der Waals surface area contributed by atoms with Crippen molar-refractivity contribution in [1.29, 1.82) is 0 Å². The molecule has 0 unspecified atom stereocenters. The van der Waals surface area contributed by atoms with Gasteiger partial charge in [0.05, 0.1) is 0 Å². The smallest absolute Gasteiger partial charge is 0.328 e. The number of amides is 2. The van der Waals surface area contributed by atoms with Gasteiger partial charge in [-0.25, -0.2) is 4.79 Å². The van der Waals surface area contributed by atoms with E-state index in [4.69, 9.17) is 0 Å². The first-order chi connectivity index (χ1) is 11.9. The van der Waals surface area contributed by atoms with Gasteiger partial charge in [-0.1, -0.05) is 6.07 Å². The van der Waals surface area contributed by atoms with Gasteiger partial charge in [0.1, 0.15) is 6.54 Å². The van der Waals surface area contributed by atoms with Gasteiger partial charge in [-0.2, -0.15) is 0 Å². The van der Waals surface area contributed by atoms with Gasteiger partial charge < -0.3 is 10.2 Å². The number of carbonyl (C=O) groups excluding carboxylic acids is 2. The Kier molecular flexibility index (Phi) is 5.89. The second kappa shape index (κ2) is 8.09. The van der Waals surface area contributed by atoms with E-state index in [-0.39, 0.29) is 12.5 Å². The molecule has 2 rings (SSSR count). The molecule has 0 spiro atoms. The minimum absolute atomic E-state index is 0.113. The lowest BCUT2D eigenvalue weighted by Gasteiger charge is -2.19. The van der Waals surface area contributed by atoms with Crippen molar-refractivity contribution in [1.82, 2.24) is 14.5 Å². The lowest BCUT2D eigenvalue weighted by molar-refractivity contribution is -0.116. The standard InChI is InChI=1S/C17H20N4O4/c1-3-20(4-2)16(24)12-6-5-7-13(10-12)18-15(23)11-21-9-8-14(22)19-17(21)25/h5-10H,3-4,11H2,1-2H3,(H,18,23)(H,19,22,25). The summed E-state index contributed by atoms with van der Waals surface area (Å²) >= 11 is 0. The van der Waals surface area contributed by atoms with E-state index in [1.807, 2.05) is 13.8 Å². The van der Waals surface area contributed by atoms with E-state index in [1.54, 1.807) is 29.2 Å². The van der Waals surface area contributed by atoms with Crippen molar-refractivity contribution in [2.75, 3.05) is 18.4 Å². The Morgan fingerprint density at radius 1 is 1.16 bits per heavy atom. The number of nitrogens with one attached hydrogen (secondary N) is 2. The Balaban J connectivity index is 2.11. The molecule has 8 nitrogen and oxygen atoms in total. The molecular weight excluding hydrogens is 324 g/mol. The Hall–Kier alpha value is -3.16. The number of carbonyl (C=O) groups is 2. The van der Waals surface area contributed by atoms with Gasteiger partial charge in [0.25, 0.3) is 11.5 Å². The number of rotatable bonds is 6. The zero-order valence-electron chi connectivity index (χ0n) is 14.1. The topological polar surface area (TPSA) is 104 Å². The molecule has 0 atom stereocenters. The molecule has 2 aromatic rings. The Bertz CT molecular complexity index is 880. The lowest BCUT2D eigenvalue weighted by Crippen LogP contribution is -2.32. The first-order valence-electron chi connectivity index (χ1n) is 7.93. The third-order valence-corrected chi connectivity index (χ3v) is 3.65. The molecule has 25 heavy (non-hydrogen) atoms. The van der Waals surface area contributed by atoms with Crippen molar-refractivity contribution in [3.8, 4) is 0 Å². The summed E-state index contributed by atoms with van der Waals surface area (Å²) in [6, 6.07) is 7.78. The number of hydrogen-bond donors (Lipinski definition) is 2. The first-order valence-corrected chi connectivity index (χ1v) is 7.93. The molecule has 1 aromatic carbocycles. The van der Waals surface area contributed by atoms with Gasteiger partial charge in [-0.3, -0.25) is 23.9 Å². The maximum atomic E-state index is 12.3. The second-order valence-corrected chi connectivity index (χ2v) is 5.34. The fraction of sp³-hybridized carbons (Fsp3) is 0.294. The second-order valence-electron chi connectivity index (χ2n) is 5.34. The highest BCUT2D eigenvalue weighted by Gasteiger charge is 2.13. The van der Waals surface area contributed by atoms with Crippen LogP contribution in [0.3, 0.4) is 0 Å². The van der Waals surface area contributed by atoms with Crippen LogP contribution < -0.4 is 16.6 Å². The van der Waals surface area contributed by atoms with Crippen molar-refractivity contribution in [3.63, 3.8) is 0 Å². The first kappa shape index (κ1) is 18.2. The SMILES string of the molecule is CCN(CC)C(=O)c1cccc(NC(=O)Cn2ccc(=O)[nH]c2=O)c1. The van der Waals surface area contributed by atoms with Gasteiger partial charge >= 0.3 is 5.69 Å². The molecule has 0 radical (unpaired) electrons. The molecule has 0 aliphatic heterocycles. The van der Waals surface area contributed by atoms with Gasteiger partial charge in [-0.15, -0.1) is 0 Å². The quantitative estimate of drug-likeness (QED) is 0.803. The number of aromatic amines is 1. The molecule has 8 heteroatoms. The van der Waals surface area contributed by atoms with Crippen molar-refractivity contribution in [2.45, 2.75) is 20.4 Å². The minimum Gasteiger partial charge on any atom is -0.339 e. The highest BCUT2D eigenvalue weighted by atomic mass is 16.2. The van der Waals surface area contributed by atoms with Crippen LogP contribution in [-0.2, 0) is 11.3 Å². The van der Waals surface area contributed by atoms with E-state index in [9.17, 15) is 19.2 Å². The van der Waals surface area contributed by atoms with E-state index < -0.39 is 17.2 Å². The van der Waals surface area contributed by atoms with Crippen LogP contribution in [0.2, 0.25) is 0 Å². The fourth-order valence-electron chi connectivity index (χ4n) is 2.35. The number of anilines is 1. The summed E-state index contributed by atoms with van der Waals surface area (Å²) in [5.41, 5.74) is -0.249. The summed E-state index contributed by atoms with van der Waals surface area (Å²) in [7, 11) is 0. The van der Waals surface area contributed by atoms with E-state index in [2.05, 4.69) is 10.3 Å². The molecule has 0 fully saturated rings. The van der Waals surface area contributed by atoms with E-state index >= 15 is 0 Å². The summed E-state index contributed by atoms with van der Waals surface area (Å²) in [5, 5.41) is 2.64. The van der Waals surface area contributed by atoms with Crippen molar-refractivity contribution in [3.05, 3.63) is 62.9 Å². The van der Waals surface area contributed by atoms with Gasteiger partial charge in [0, 0.05) is 36.6 Å². The monoisotopic (exact) mass is 344 g/mol. The Labute approximate surface area is 144 Å². The average molecular weight is 344 g/mol. The number of aromatic nitrogens is 2. The lowest BCUT2D eigenvalue weighted by atomic mass is 10.1. The van der Waals surface area contributed by atoms with Gasteiger partial charge in [-0.05, 0) is 32.0 Å². The Morgan fingerprint density at radius 2 is 1.88 bits per heavy atom. The van der Waals surface area contributed by atoms with Crippen LogP contribution in [0.15, 0.2) is 46.1 Å². The molecule has 0 aliphatic carbocycles. The number of benzene rings is 1. The van der Waals surface area contributed by atoms with Crippen molar-refractivity contribution < 1.29 is 9.59 Å². The maximum Gasteiger partial charge on any atom is 0.328 e. The maximum absolute atomic E-state index is 12.3. The largest absolute Gasteiger partial charge is 0.339 e. The summed E-state index contributed by atoms with van der Waals surface area (Å²) in [6.07, 6.45) is 1.25. The summed E-state index contributed by atoms with van der Waals surface area (Å²) in [4.78, 5) is 50.8. The molecule has 0 aliphatic rings. The van der Waals surface area contributed by atoms with Gasteiger partial charge in [0.15, 0.2) is 0 Å². The average Bonchev–Trinajstić information content (AvgIpc) is 2.58. The summed E-state index contributed by atoms with van der Waals surface area (Å²) in [6.45, 7) is 4.75. The third-order valence-electron chi connectivity index (χ3n) is 3.65. The van der Waals surface area contributed by atoms with Crippen LogP contribution in [-0.4, -0.2) is 39.4 Å². The molecular formula is C17H20N4O4. The molecule has 0 bridgehead atoms. The molecule has 0 saturated heterocycles. The fourth-order valence-corrected chi connectivity index (χ4v) is 2.35. The minimum atomic E-state index is -0.659. The van der Waals surface area contributed by atoms with Crippen LogP contribution in [0.4, 0.5) is 5.69 Å². The highest BCUT2D eigenvalue weighted by molar-refractivity contribution is 5.97. The van der Waals surface area contributed by atoms with E-state index in [0.717, 1.165) is 10.6 Å². The third kappa shape index (κ3) is 4.66. The molecule has 1 heterocycles. The van der Waals surface area contributed by atoms with Crippen molar-refractivity contribution in [2.24, 2.45) is 0 Å². The van der Waals surface area contributed by atoms with Gasteiger partial charge in [0.2, 0.25) is 5.91 Å². The molecule has 2 N–H and O–H groups in total. The van der Waals surface area contributed by atoms with Crippen LogP contribution in [0.1, 0.15) is 24.2 Å². The van der Waals surface area contributed by atoms with E-state index in [1.165, 1.54) is 6.20 Å². The molecule has 1 aromatic heterocycles. The number of hydrogen-bond acceptors (Lipinski definition) is 4. The molecule has 2 amide bonds.